The monoisotopic (exact) mass is 663 g/mol. The Kier molecular flexibility index (Phi) is 12.1. The van der Waals surface area contributed by atoms with Crippen molar-refractivity contribution >= 4 is 11.6 Å². The van der Waals surface area contributed by atoms with Crippen LogP contribution in [0, 0.1) is 38.0 Å². The van der Waals surface area contributed by atoms with Crippen LogP contribution < -0.4 is 0 Å². The van der Waals surface area contributed by atoms with Gasteiger partial charge in [0.25, 0.3) is 0 Å². The minimum atomic E-state index is 0. The smallest absolute Gasteiger partial charge is 0.162 e. The summed E-state index contributed by atoms with van der Waals surface area (Å²) in [5.74, 6) is 0.896. The number of ketones is 1. The van der Waals surface area contributed by atoms with Crippen LogP contribution >= 0.6 is 0 Å². The van der Waals surface area contributed by atoms with E-state index >= 15 is 0 Å². The molecular formula is C11H14N2OUVW-2. The van der Waals surface area contributed by atoms with Crippen molar-refractivity contribution in [3.05, 3.63) is 23.5 Å². The second-order valence-corrected chi connectivity index (χ2v) is 3.64. The zero-order valence-corrected chi connectivity index (χ0v) is 18.1. The van der Waals surface area contributed by atoms with Gasteiger partial charge in [0.2, 0.25) is 0 Å². The fourth-order valence-electron chi connectivity index (χ4n) is 1.98. The van der Waals surface area contributed by atoms with Crippen LogP contribution in [0.15, 0.2) is 16.3 Å². The average molecular weight is 663 g/mol. The first kappa shape index (κ1) is 20.5. The van der Waals surface area contributed by atoms with Gasteiger partial charge in [0.15, 0.2) is 5.78 Å². The van der Waals surface area contributed by atoms with Crippen molar-refractivity contribution < 1.29 is 75.5 Å². The molecule has 17 heavy (non-hydrogen) atoms. The maximum atomic E-state index is 11.7. The number of Topliss-reactive ketones (excluding diaryl/α,β-unsaturated/α-hetero) is 1. The number of hydrogen-bond donors (Lipinski definition) is 0. The van der Waals surface area contributed by atoms with Crippen LogP contribution in [-0.4, -0.2) is 18.2 Å². The summed E-state index contributed by atoms with van der Waals surface area (Å²) in [5.41, 5.74) is 1.94. The number of carbonyl (C=O) groups is 1. The molecule has 1 heterocycles. The van der Waals surface area contributed by atoms with Crippen LogP contribution in [0.1, 0.15) is 32.1 Å². The SMILES string of the molecule is [CH2-]C[N-]C1=NC2=C(CCCC2)C(=O)C1.[U].[V].[W]. The van der Waals surface area contributed by atoms with Crippen molar-refractivity contribution in [2.24, 2.45) is 4.99 Å². The molecule has 0 spiro atoms. The molecule has 1 radical (unpaired) electrons. The van der Waals surface area contributed by atoms with Crippen LogP contribution in [0.3, 0.4) is 0 Å². The van der Waals surface area contributed by atoms with Crippen molar-refractivity contribution in [1.82, 2.24) is 0 Å². The zero-order chi connectivity index (χ0) is 9.97. The van der Waals surface area contributed by atoms with Crippen LogP contribution in [-0.2, 0) is 44.4 Å². The van der Waals surface area contributed by atoms with Gasteiger partial charge in [0.05, 0.1) is 0 Å². The molecule has 6 heteroatoms. The molecule has 2 rings (SSSR count). The summed E-state index contributed by atoms with van der Waals surface area (Å²) in [7, 11) is 0. The second kappa shape index (κ2) is 10.0. The fourth-order valence-corrected chi connectivity index (χ4v) is 1.98. The second-order valence-electron chi connectivity index (χ2n) is 3.64. The zero-order valence-electron chi connectivity index (χ0n) is 9.61. The first-order valence-electron chi connectivity index (χ1n) is 5.11. The van der Waals surface area contributed by atoms with Crippen molar-refractivity contribution in [1.29, 1.82) is 0 Å². The Morgan fingerprint density at radius 3 is 2.59 bits per heavy atom. The Balaban J connectivity index is 0. The Bertz CT molecular complexity index is 331. The van der Waals surface area contributed by atoms with E-state index in [9.17, 15) is 4.79 Å². The standard InChI is InChI=1S/C11H15N2O.U.V.W/c1-2-12-11-7-10(14)8-5-3-4-6-9(8)13-11;;;/h1-7H2,(H,12,13,14);;;/q-1;;;/p-1. The summed E-state index contributed by atoms with van der Waals surface area (Å²) in [6.45, 7) is 4.10. The summed E-state index contributed by atoms with van der Waals surface area (Å²) in [5, 5.41) is 4.11. The molecule has 91 valence electrons. The largest absolute Gasteiger partial charge is 0.501 e. The van der Waals surface area contributed by atoms with Crippen molar-refractivity contribution in [2.45, 2.75) is 32.1 Å². The molecule has 0 N–H and O–H groups in total. The molecule has 0 saturated carbocycles. The fraction of sp³-hybridized carbons (Fsp3) is 0.545. The van der Waals surface area contributed by atoms with E-state index < -0.39 is 0 Å². The maximum Gasteiger partial charge on any atom is 0.162 e. The minimum Gasteiger partial charge on any atom is -0.501 e. The molecule has 0 amide bonds. The minimum absolute atomic E-state index is 0. The number of hydrogen-bond acceptors (Lipinski definition) is 2. The third-order valence-corrected chi connectivity index (χ3v) is 2.65. The van der Waals surface area contributed by atoms with Crippen LogP contribution in [0.25, 0.3) is 5.32 Å². The number of allylic oxidation sites excluding steroid dienone is 2. The van der Waals surface area contributed by atoms with Gasteiger partial charge in [-0.05, 0) is 31.3 Å². The van der Waals surface area contributed by atoms with Crippen LogP contribution in [0.5, 0.6) is 0 Å². The van der Waals surface area contributed by atoms with E-state index in [2.05, 4.69) is 17.2 Å². The van der Waals surface area contributed by atoms with Gasteiger partial charge in [-0.1, -0.05) is 11.5 Å². The van der Waals surface area contributed by atoms with Crippen LogP contribution in [0.4, 0.5) is 0 Å². The van der Waals surface area contributed by atoms with Gasteiger partial charge in [0, 0.05) is 77.2 Å². The number of carbonyl (C=O) groups excluding carboxylic acids is 1. The molecule has 0 aromatic heterocycles. The number of rotatable bonds is 1. The number of aliphatic imine (C=N–C) groups is 1. The predicted molar refractivity (Wildman–Crippen MR) is 56.1 cm³/mol. The topological polar surface area (TPSA) is 43.5 Å². The van der Waals surface area contributed by atoms with E-state index in [-0.39, 0.29) is 76.5 Å². The van der Waals surface area contributed by atoms with E-state index in [1.54, 1.807) is 0 Å². The van der Waals surface area contributed by atoms with E-state index in [0.29, 0.717) is 18.8 Å². The molecule has 0 bridgehead atoms. The third-order valence-electron chi connectivity index (χ3n) is 2.65. The molecule has 0 fully saturated rings. The molecule has 3 nitrogen and oxygen atoms in total. The normalized spacial score (nSPS) is 17.9. The molecule has 0 aromatic rings. The van der Waals surface area contributed by atoms with Gasteiger partial charge in [-0.2, -0.15) is 6.54 Å². The predicted octanol–water partition coefficient (Wildman–Crippen LogP) is 2.39. The first-order chi connectivity index (χ1) is 6.81. The van der Waals surface area contributed by atoms with E-state index in [1.807, 2.05) is 0 Å². The quantitative estimate of drug-likeness (QED) is 0.398. The molecule has 1 aliphatic heterocycles. The third kappa shape index (κ3) is 5.37. The summed E-state index contributed by atoms with van der Waals surface area (Å²) in [6.07, 6.45) is 4.51. The summed E-state index contributed by atoms with van der Waals surface area (Å²) < 4.78 is 0. The van der Waals surface area contributed by atoms with Gasteiger partial charge in [-0.15, -0.1) is 0 Å². The Labute approximate surface area is 153 Å². The van der Waals surface area contributed by atoms with Crippen molar-refractivity contribution in [3.8, 4) is 0 Å². The van der Waals surface area contributed by atoms with Gasteiger partial charge < -0.3 is 17.2 Å². The van der Waals surface area contributed by atoms with Crippen molar-refractivity contribution in [2.75, 3.05) is 6.54 Å². The summed E-state index contributed by atoms with van der Waals surface area (Å²) in [6, 6.07) is 0. The summed E-state index contributed by atoms with van der Waals surface area (Å²) >= 11 is 0. The molecule has 0 aromatic carbocycles. The molecular weight excluding hydrogens is 649 g/mol. The molecule has 1 aliphatic carbocycles. The number of amidine groups is 1. The Morgan fingerprint density at radius 1 is 1.29 bits per heavy atom. The molecule has 0 unspecified atom stereocenters. The number of nitrogens with zero attached hydrogens (tertiary/aromatic N) is 2. The average Bonchev–Trinajstić information content (AvgIpc) is 2.18. The summed E-state index contributed by atoms with van der Waals surface area (Å²) in [4.78, 5) is 16.1. The van der Waals surface area contributed by atoms with Gasteiger partial charge in [0.1, 0.15) is 0 Å². The van der Waals surface area contributed by atoms with Crippen molar-refractivity contribution in [3.63, 3.8) is 0 Å². The maximum absolute atomic E-state index is 11.7. The molecule has 2 aliphatic rings. The van der Waals surface area contributed by atoms with E-state index in [0.717, 1.165) is 37.0 Å². The Hall–Kier alpha value is 1.20. The molecule has 0 atom stereocenters. The van der Waals surface area contributed by atoms with Gasteiger partial charge in [-0.25, -0.2) is 0 Å². The van der Waals surface area contributed by atoms with Gasteiger partial charge in [-0.3, -0.25) is 4.79 Å². The first-order valence-corrected chi connectivity index (χ1v) is 5.11. The van der Waals surface area contributed by atoms with Gasteiger partial charge >= 0.3 is 0 Å². The molecule has 0 saturated heterocycles. The Morgan fingerprint density at radius 2 is 1.94 bits per heavy atom. The van der Waals surface area contributed by atoms with Crippen LogP contribution in [0.2, 0.25) is 0 Å². The van der Waals surface area contributed by atoms with E-state index in [4.69, 9.17) is 0 Å². The van der Waals surface area contributed by atoms with E-state index in [1.165, 1.54) is 0 Å².